The predicted octanol–water partition coefficient (Wildman–Crippen LogP) is 3.60. The number of aliphatic imine (C=N–C) groups is 1. The number of halogens is 3. The molecule has 0 spiro atoms. The summed E-state index contributed by atoms with van der Waals surface area (Å²) in [5.74, 6) is -1.47. The zero-order chi connectivity index (χ0) is 20.6. The Balaban J connectivity index is 0.000000445. The van der Waals surface area contributed by atoms with E-state index in [1.807, 2.05) is 19.1 Å². The summed E-state index contributed by atoms with van der Waals surface area (Å²) in [6.45, 7) is 8.18. The third-order valence-corrected chi connectivity index (χ3v) is 3.32. The lowest BCUT2D eigenvalue weighted by Crippen LogP contribution is -2.34. The van der Waals surface area contributed by atoms with Crippen molar-refractivity contribution < 1.29 is 22.7 Å². The van der Waals surface area contributed by atoms with Crippen LogP contribution in [0.2, 0.25) is 0 Å². The normalized spacial score (nSPS) is 16.2. The SMILES string of the molecule is C=C/C=C\C(=C)C.CN1C(=O)[C@@H](c2ccc(F)c(OCC(F)F)c2)N=C1N. The van der Waals surface area contributed by atoms with E-state index < -0.39 is 24.9 Å². The Morgan fingerprint density at radius 2 is 2.15 bits per heavy atom. The minimum Gasteiger partial charge on any atom is -0.485 e. The Kier molecular flexibility index (Phi) is 8.32. The number of hydrogen-bond acceptors (Lipinski definition) is 4. The highest BCUT2D eigenvalue weighted by Gasteiger charge is 2.32. The van der Waals surface area contributed by atoms with Gasteiger partial charge in [0.1, 0.15) is 6.61 Å². The van der Waals surface area contributed by atoms with Gasteiger partial charge in [-0.3, -0.25) is 9.69 Å². The minimum atomic E-state index is -2.72. The lowest BCUT2D eigenvalue weighted by Gasteiger charge is -2.12. The molecular formula is C19H22F3N3O2. The highest BCUT2D eigenvalue weighted by atomic mass is 19.3. The standard InChI is InChI=1S/C12H12F3N3O2.C7H10/c1-18-11(19)10(17-12(18)16)6-2-3-7(13)8(4-6)20-5-9(14)15;1-4-5-6-7(2)3/h2-4,9-10H,5H2,1H3,(H2,16,17);4-6H,1-2H2,3H3/b;6-5-/t10-;/m1./s1. The number of carbonyl (C=O) groups excluding carboxylic acids is 1. The van der Waals surface area contributed by atoms with Gasteiger partial charge in [0, 0.05) is 7.05 Å². The largest absolute Gasteiger partial charge is 0.485 e. The number of allylic oxidation sites excluding steroid dienone is 4. The maximum absolute atomic E-state index is 13.4. The van der Waals surface area contributed by atoms with Crippen LogP contribution in [0.3, 0.4) is 0 Å². The van der Waals surface area contributed by atoms with Gasteiger partial charge in [-0.1, -0.05) is 43.0 Å². The fraction of sp³-hybridized carbons (Fsp3) is 0.263. The van der Waals surface area contributed by atoms with Gasteiger partial charge in [0.05, 0.1) is 0 Å². The molecule has 0 unspecified atom stereocenters. The van der Waals surface area contributed by atoms with Gasteiger partial charge >= 0.3 is 0 Å². The van der Waals surface area contributed by atoms with Gasteiger partial charge in [0.2, 0.25) is 0 Å². The Bertz CT molecular complexity index is 761. The fourth-order valence-corrected chi connectivity index (χ4v) is 1.97. The number of likely N-dealkylation sites (N-methyl/N-ethyl adjacent to an activating group) is 1. The molecule has 0 aliphatic carbocycles. The quantitative estimate of drug-likeness (QED) is 0.766. The second-order valence-corrected chi connectivity index (χ2v) is 5.62. The van der Waals surface area contributed by atoms with E-state index in [0.717, 1.165) is 16.5 Å². The average molecular weight is 381 g/mol. The van der Waals surface area contributed by atoms with Crippen molar-refractivity contribution in [1.82, 2.24) is 4.90 Å². The smallest absolute Gasteiger partial charge is 0.272 e. The van der Waals surface area contributed by atoms with Crippen molar-refractivity contribution in [3.8, 4) is 5.75 Å². The van der Waals surface area contributed by atoms with Gasteiger partial charge in [0.25, 0.3) is 12.3 Å². The molecule has 5 nitrogen and oxygen atoms in total. The fourth-order valence-electron chi connectivity index (χ4n) is 1.97. The van der Waals surface area contributed by atoms with E-state index >= 15 is 0 Å². The van der Waals surface area contributed by atoms with Crippen LogP contribution in [0.1, 0.15) is 18.5 Å². The van der Waals surface area contributed by atoms with Crippen molar-refractivity contribution in [2.75, 3.05) is 13.7 Å². The first-order valence-corrected chi connectivity index (χ1v) is 7.93. The number of rotatable bonds is 6. The first-order chi connectivity index (χ1) is 12.7. The Hall–Kier alpha value is -3.03. The molecule has 1 heterocycles. The Labute approximate surface area is 156 Å². The molecule has 0 saturated carbocycles. The van der Waals surface area contributed by atoms with Gasteiger partial charge < -0.3 is 10.5 Å². The number of nitrogens with zero attached hydrogens (tertiary/aromatic N) is 2. The number of ether oxygens (including phenoxy) is 1. The molecule has 0 saturated heterocycles. The lowest BCUT2D eigenvalue weighted by atomic mass is 10.1. The zero-order valence-corrected chi connectivity index (χ0v) is 15.2. The van der Waals surface area contributed by atoms with Crippen LogP contribution < -0.4 is 10.5 Å². The van der Waals surface area contributed by atoms with Crippen LogP contribution in [-0.4, -0.2) is 36.8 Å². The number of benzene rings is 1. The number of guanidine groups is 1. The van der Waals surface area contributed by atoms with Crippen LogP contribution in [0.15, 0.2) is 60.2 Å². The van der Waals surface area contributed by atoms with Crippen LogP contribution in [0.5, 0.6) is 5.75 Å². The number of alkyl halides is 2. The molecule has 1 aliphatic rings. The molecule has 1 aromatic carbocycles. The van der Waals surface area contributed by atoms with Gasteiger partial charge in [-0.05, 0) is 24.6 Å². The second kappa shape index (κ2) is 10.2. The topological polar surface area (TPSA) is 67.9 Å². The molecule has 0 fully saturated rings. The summed E-state index contributed by atoms with van der Waals surface area (Å²) in [7, 11) is 1.46. The van der Waals surface area contributed by atoms with Crippen LogP contribution >= 0.6 is 0 Å². The Morgan fingerprint density at radius 3 is 2.59 bits per heavy atom. The molecule has 146 valence electrons. The summed E-state index contributed by atoms with van der Waals surface area (Å²) >= 11 is 0. The number of hydrogen-bond donors (Lipinski definition) is 1. The predicted molar refractivity (Wildman–Crippen MR) is 99.2 cm³/mol. The summed E-state index contributed by atoms with van der Waals surface area (Å²) in [6.07, 6.45) is 2.79. The van der Waals surface area contributed by atoms with Crippen molar-refractivity contribution in [2.24, 2.45) is 10.7 Å². The van der Waals surface area contributed by atoms with Crippen LogP contribution in [0.25, 0.3) is 0 Å². The first-order valence-electron chi connectivity index (χ1n) is 7.93. The van der Waals surface area contributed by atoms with Crippen molar-refractivity contribution in [2.45, 2.75) is 19.4 Å². The zero-order valence-electron chi connectivity index (χ0n) is 15.2. The minimum absolute atomic E-state index is 0.0411. The average Bonchev–Trinajstić information content (AvgIpc) is 2.87. The van der Waals surface area contributed by atoms with Crippen LogP contribution in [0, 0.1) is 5.82 Å². The van der Waals surface area contributed by atoms with Gasteiger partial charge in [-0.25, -0.2) is 18.2 Å². The number of amides is 1. The van der Waals surface area contributed by atoms with E-state index in [4.69, 9.17) is 5.73 Å². The van der Waals surface area contributed by atoms with Gasteiger partial charge in [0.15, 0.2) is 23.6 Å². The highest BCUT2D eigenvalue weighted by Crippen LogP contribution is 2.29. The van der Waals surface area contributed by atoms with Crippen molar-refractivity contribution in [3.63, 3.8) is 0 Å². The summed E-state index contributed by atoms with van der Waals surface area (Å²) in [5.41, 5.74) is 6.90. The van der Waals surface area contributed by atoms with E-state index in [-0.39, 0.29) is 17.6 Å². The number of carbonyl (C=O) groups is 1. The molecule has 1 aliphatic heterocycles. The molecule has 8 heteroatoms. The molecule has 2 rings (SSSR count). The van der Waals surface area contributed by atoms with E-state index in [0.29, 0.717) is 5.56 Å². The maximum Gasteiger partial charge on any atom is 0.272 e. The van der Waals surface area contributed by atoms with Gasteiger partial charge in [-0.15, -0.1) is 0 Å². The van der Waals surface area contributed by atoms with Gasteiger partial charge in [-0.2, -0.15) is 0 Å². The summed E-state index contributed by atoms with van der Waals surface area (Å²) in [6, 6.07) is 2.64. The molecule has 1 atom stereocenters. The van der Waals surface area contributed by atoms with Crippen LogP contribution in [-0.2, 0) is 4.79 Å². The van der Waals surface area contributed by atoms with Crippen LogP contribution in [0.4, 0.5) is 13.2 Å². The molecule has 1 aromatic rings. The third kappa shape index (κ3) is 6.65. The summed E-state index contributed by atoms with van der Waals surface area (Å²) < 4.78 is 42.2. The summed E-state index contributed by atoms with van der Waals surface area (Å²) in [5, 5.41) is 0. The van der Waals surface area contributed by atoms with Crippen molar-refractivity contribution in [1.29, 1.82) is 0 Å². The maximum atomic E-state index is 13.4. The van der Waals surface area contributed by atoms with E-state index in [1.165, 1.54) is 19.2 Å². The molecule has 27 heavy (non-hydrogen) atoms. The molecule has 0 radical (unpaired) electrons. The highest BCUT2D eigenvalue weighted by molar-refractivity contribution is 6.04. The van der Waals surface area contributed by atoms with E-state index in [1.54, 1.807) is 6.08 Å². The molecule has 0 aromatic heterocycles. The molecule has 1 amide bonds. The van der Waals surface area contributed by atoms with E-state index in [2.05, 4.69) is 22.9 Å². The molecule has 0 bridgehead atoms. The van der Waals surface area contributed by atoms with E-state index in [9.17, 15) is 18.0 Å². The molecule has 2 N–H and O–H groups in total. The second-order valence-electron chi connectivity index (χ2n) is 5.62. The first kappa shape index (κ1) is 22.0. The number of nitrogens with two attached hydrogens (primary N) is 1. The molecular weight excluding hydrogens is 359 g/mol. The summed E-state index contributed by atoms with van der Waals surface area (Å²) in [4.78, 5) is 16.9. The Morgan fingerprint density at radius 1 is 1.48 bits per heavy atom. The lowest BCUT2D eigenvalue weighted by molar-refractivity contribution is -0.126. The van der Waals surface area contributed by atoms with Crippen molar-refractivity contribution >= 4 is 11.9 Å². The van der Waals surface area contributed by atoms with Crippen molar-refractivity contribution in [3.05, 3.63) is 66.5 Å². The third-order valence-electron chi connectivity index (χ3n) is 3.32. The monoisotopic (exact) mass is 381 g/mol.